The van der Waals surface area contributed by atoms with Gasteiger partial charge in [0.25, 0.3) is 0 Å². The molecule has 0 bridgehead atoms. The number of hydrogen-bond donors (Lipinski definition) is 1. The predicted molar refractivity (Wildman–Crippen MR) is 130 cm³/mol. The monoisotopic (exact) mass is 442 g/mol. The van der Waals surface area contributed by atoms with E-state index in [9.17, 15) is 4.79 Å². The molecule has 1 fully saturated rings. The molecule has 0 aliphatic carbocycles. The molecular formula is C27H30N4O2. The van der Waals surface area contributed by atoms with Gasteiger partial charge in [0.2, 0.25) is 5.91 Å². The van der Waals surface area contributed by atoms with Crippen molar-refractivity contribution in [3.05, 3.63) is 84.3 Å². The maximum atomic E-state index is 12.5. The number of carbonyl (C=O) groups is 1. The molecule has 0 saturated carbocycles. The molecule has 2 aromatic heterocycles. The summed E-state index contributed by atoms with van der Waals surface area (Å²) < 4.78 is 7.98. The fourth-order valence-corrected chi connectivity index (χ4v) is 4.66. The van der Waals surface area contributed by atoms with Crippen LogP contribution < -0.4 is 5.32 Å². The number of rotatable bonds is 8. The molecule has 0 radical (unpaired) electrons. The standard InChI is InChI=1S/C27H30N4O2/c32-27(12-6-9-21-7-2-1-3-8-21)29-26-13-16-28-31(26)23-14-17-30(18-15-23)20-24-19-22-10-4-5-11-25(22)33-24/h1-5,7-8,10-11,13,16,19,23H,6,9,12,14-15,17-18,20H2,(H,29,32). The lowest BCUT2D eigenvalue weighted by atomic mass is 10.1. The summed E-state index contributed by atoms with van der Waals surface area (Å²) in [6.07, 6.45) is 6.04. The number of furan rings is 1. The number of carbonyl (C=O) groups excluding carboxylic acids is 1. The summed E-state index contributed by atoms with van der Waals surface area (Å²) in [4.78, 5) is 14.9. The minimum Gasteiger partial charge on any atom is -0.460 e. The van der Waals surface area contributed by atoms with Crippen LogP contribution in [-0.4, -0.2) is 33.7 Å². The summed E-state index contributed by atoms with van der Waals surface area (Å²) in [5.74, 6) is 1.86. The van der Waals surface area contributed by atoms with Crippen molar-refractivity contribution in [2.24, 2.45) is 0 Å². The summed E-state index contributed by atoms with van der Waals surface area (Å²) >= 11 is 0. The number of aromatic nitrogens is 2. The molecule has 3 heterocycles. The van der Waals surface area contributed by atoms with Gasteiger partial charge in [-0.05, 0) is 43.4 Å². The van der Waals surface area contributed by atoms with E-state index in [4.69, 9.17) is 4.42 Å². The van der Waals surface area contributed by atoms with Crippen LogP contribution in [0.15, 0.2) is 77.3 Å². The Morgan fingerprint density at radius 2 is 1.82 bits per heavy atom. The Bertz CT molecular complexity index is 1160. The highest BCUT2D eigenvalue weighted by atomic mass is 16.3. The van der Waals surface area contributed by atoms with Crippen LogP contribution in [0.25, 0.3) is 11.0 Å². The zero-order chi connectivity index (χ0) is 22.5. The van der Waals surface area contributed by atoms with E-state index in [1.165, 1.54) is 5.56 Å². The summed E-state index contributed by atoms with van der Waals surface area (Å²) in [5, 5.41) is 8.75. The number of likely N-dealkylation sites (tertiary alicyclic amines) is 1. The van der Waals surface area contributed by atoms with E-state index < -0.39 is 0 Å². The Morgan fingerprint density at radius 3 is 2.64 bits per heavy atom. The first kappa shape index (κ1) is 21.5. The van der Waals surface area contributed by atoms with Crippen molar-refractivity contribution < 1.29 is 9.21 Å². The van der Waals surface area contributed by atoms with E-state index in [1.54, 1.807) is 6.20 Å². The molecule has 1 aliphatic rings. The largest absolute Gasteiger partial charge is 0.460 e. The number of aryl methyl sites for hydroxylation is 1. The third kappa shape index (κ3) is 5.34. The Labute approximate surface area is 194 Å². The maximum absolute atomic E-state index is 12.5. The quantitative estimate of drug-likeness (QED) is 0.395. The van der Waals surface area contributed by atoms with Gasteiger partial charge in [-0.3, -0.25) is 9.69 Å². The topological polar surface area (TPSA) is 63.3 Å². The second-order valence-electron chi connectivity index (χ2n) is 8.81. The van der Waals surface area contributed by atoms with Crippen molar-refractivity contribution in [1.29, 1.82) is 0 Å². The zero-order valence-corrected chi connectivity index (χ0v) is 18.8. The summed E-state index contributed by atoms with van der Waals surface area (Å²) in [6.45, 7) is 2.78. The smallest absolute Gasteiger partial charge is 0.225 e. The van der Waals surface area contributed by atoms with E-state index >= 15 is 0 Å². The number of nitrogens with one attached hydrogen (secondary N) is 1. The third-order valence-corrected chi connectivity index (χ3v) is 6.41. The van der Waals surface area contributed by atoms with Crippen LogP contribution in [0.1, 0.15) is 43.0 Å². The normalized spacial score (nSPS) is 15.2. The van der Waals surface area contributed by atoms with Crippen molar-refractivity contribution in [1.82, 2.24) is 14.7 Å². The lowest BCUT2D eigenvalue weighted by Gasteiger charge is -2.32. The van der Waals surface area contributed by atoms with Crippen molar-refractivity contribution in [3.63, 3.8) is 0 Å². The predicted octanol–water partition coefficient (Wildman–Crippen LogP) is 5.43. The number of nitrogens with zero attached hydrogens (tertiary/aromatic N) is 3. The Morgan fingerprint density at radius 1 is 1.03 bits per heavy atom. The Hall–Kier alpha value is -3.38. The minimum atomic E-state index is 0.0509. The molecule has 1 N–H and O–H groups in total. The van der Waals surface area contributed by atoms with Crippen LogP contribution in [0.4, 0.5) is 5.82 Å². The van der Waals surface area contributed by atoms with Crippen molar-refractivity contribution in [2.45, 2.75) is 44.7 Å². The van der Waals surface area contributed by atoms with E-state index in [1.807, 2.05) is 47.1 Å². The molecule has 33 heavy (non-hydrogen) atoms. The van der Waals surface area contributed by atoms with Gasteiger partial charge >= 0.3 is 0 Å². The first-order valence-corrected chi connectivity index (χ1v) is 11.8. The molecule has 5 rings (SSSR count). The van der Waals surface area contributed by atoms with E-state index in [0.717, 1.165) is 67.9 Å². The summed E-state index contributed by atoms with van der Waals surface area (Å²) in [5.41, 5.74) is 2.22. The molecule has 4 aromatic rings. The average Bonchev–Trinajstić information content (AvgIpc) is 3.46. The molecule has 6 nitrogen and oxygen atoms in total. The van der Waals surface area contributed by atoms with Gasteiger partial charge in [0.05, 0.1) is 18.8 Å². The lowest BCUT2D eigenvalue weighted by molar-refractivity contribution is -0.116. The second-order valence-corrected chi connectivity index (χ2v) is 8.81. The molecule has 0 spiro atoms. The first-order valence-electron chi connectivity index (χ1n) is 11.8. The number of hydrogen-bond acceptors (Lipinski definition) is 4. The van der Waals surface area contributed by atoms with Crippen molar-refractivity contribution in [2.75, 3.05) is 18.4 Å². The molecule has 1 amide bonds. The first-order chi connectivity index (χ1) is 16.2. The molecular weight excluding hydrogens is 412 g/mol. The summed E-state index contributed by atoms with van der Waals surface area (Å²) in [7, 11) is 0. The van der Waals surface area contributed by atoms with E-state index in [0.29, 0.717) is 12.5 Å². The molecule has 1 aliphatic heterocycles. The number of fused-ring (bicyclic) bond motifs is 1. The number of benzene rings is 2. The maximum Gasteiger partial charge on any atom is 0.225 e. The average molecular weight is 443 g/mol. The lowest BCUT2D eigenvalue weighted by Crippen LogP contribution is -2.34. The minimum absolute atomic E-state index is 0.0509. The molecule has 170 valence electrons. The van der Waals surface area contributed by atoms with Crippen LogP contribution in [0.2, 0.25) is 0 Å². The number of piperidine rings is 1. The van der Waals surface area contributed by atoms with Gasteiger partial charge in [-0.2, -0.15) is 5.10 Å². The van der Waals surface area contributed by atoms with Gasteiger partial charge in [-0.1, -0.05) is 48.5 Å². The summed E-state index contributed by atoms with van der Waals surface area (Å²) in [6, 6.07) is 22.8. The number of para-hydroxylation sites is 1. The third-order valence-electron chi connectivity index (χ3n) is 6.41. The van der Waals surface area contributed by atoms with Crippen LogP contribution >= 0.6 is 0 Å². The molecule has 0 atom stereocenters. The zero-order valence-electron chi connectivity index (χ0n) is 18.8. The van der Waals surface area contributed by atoms with Gasteiger partial charge in [-0.15, -0.1) is 0 Å². The second kappa shape index (κ2) is 10.0. The highest BCUT2D eigenvalue weighted by Gasteiger charge is 2.24. The van der Waals surface area contributed by atoms with E-state index in [-0.39, 0.29) is 5.91 Å². The van der Waals surface area contributed by atoms with Gasteiger partial charge in [0.1, 0.15) is 17.2 Å². The van der Waals surface area contributed by atoms with Gasteiger partial charge in [-0.25, -0.2) is 4.68 Å². The Balaban J connectivity index is 1.11. The molecule has 0 unspecified atom stereocenters. The van der Waals surface area contributed by atoms with Crippen LogP contribution in [0.5, 0.6) is 0 Å². The fourth-order valence-electron chi connectivity index (χ4n) is 4.66. The van der Waals surface area contributed by atoms with Gasteiger partial charge < -0.3 is 9.73 Å². The van der Waals surface area contributed by atoms with E-state index in [2.05, 4.69) is 39.6 Å². The fraction of sp³-hybridized carbons (Fsp3) is 0.333. The number of amides is 1. The van der Waals surface area contributed by atoms with Gasteiger partial charge in [0, 0.05) is 31.0 Å². The molecule has 1 saturated heterocycles. The highest BCUT2D eigenvalue weighted by Crippen LogP contribution is 2.27. The molecule has 6 heteroatoms. The van der Waals surface area contributed by atoms with Crippen LogP contribution in [0.3, 0.4) is 0 Å². The van der Waals surface area contributed by atoms with Crippen LogP contribution in [-0.2, 0) is 17.8 Å². The van der Waals surface area contributed by atoms with Gasteiger partial charge in [0.15, 0.2) is 0 Å². The highest BCUT2D eigenvalue weighted by molar-refractivity contribution is 5.89. The van der Waals surface area contributed by atoms with Crippen molar-refractivity contribution >= 4 is 22.7 Å². The molecule has 2 aromatic carbocycles. The number of anilines is 1. The van der Waals surface area contributed by atoms with Crippen LogP contribution in [0, 0.1) is 0 Å². The van der Waals surface area contributed by atoms with Crippen molar-refractivity contribution in [3.8, 4) is 0 Å². The SMILES string of the molecule is O=C(CCCc1ccccc1)Nc1ccnn1C1CCN(Cc2cc3ccccc3o2)CC1. The Kier molecular flexibility index (Phi) is 6.53.